The number of carbonyl (C=O) groups is 7. The van der Waals surface area contributed by atoms with Crippen LogP contribution in [0.25, 0.3) is 27.8 Å². The second-order valence-electron chi connectivity index (χ2n) is 34.2. The molecule has 0 unspecified atom stereocenters. The number of piperidine rings is 1. The minimum atomic E-state index is -2.48. The third kappa shape index (κ3) is 30.7. The van der Waals surface area contributed by atoms with Gasteiger partial charge in [-0.3, -0.25) is 24.0 Å². The number of aryl methyl sites for hydroxylation is 1. The molecule has 3 aromatic heterocycles. The molecule has 1 aromatic carbocycles. The number of anilines is 1. The van der Waals surface area contributed by atoms with Crippen LogP contribution in [0.15, 0.2) is 78.2 Å². The SMILES string of the molecule is CO[C@H]1C[C@@H]2CC[C@@H](C)[C@@](O)(O2)C(=O)C(=O)N2CCCC[C@H]2C(=O)O[C@H]([C@H](C)C[C@@H]2CC[C@@H](OC(=O)NCCOCCOCCOCCOCCOCCOCCOCCOCCOCCNC(=O)[C@H]3CC[C@H](c4nc(-c5cc6cccc(C)c6[nH]5)c5c(N)ncnn54)CC3)[C@H](OC)C2)CC(=O)[C@H](C)/C=C(\C)[C@@H](O)[C@@H](OC)C(=O)[C@H](C)C[C@H](C)/C=C/C=C/C=C/1C. The van der Waals surface area contributed by atoms with Gasteiger partial charge in [0.25, 0.3) is 11.7 Å². The fourth-order valence-electron chi connectivity index (χ4n) is 17.4. The number of aliphatic hydroxyl groups excluding tert-OH is 1. The Bertz CT molecular complexity index is 4180. The van der Waals surface area contributed by atoms with Crippen molar-refractivity contribution in [2.24, 2.45) is 41.4 Å². The van der Waals surface area contributed by atoms with Crippen LogP contribution in [0.5, 0.6) is 0 Å². The van der Waals surface area contributed by atoms with Gasteiger partial charge < -0.3 is 108 Å². The lowest BCUT2D eigenvalue weighted by Gasteiger charge is -2.42. The van der Waals surface area contributed by atoms with E-state index in [-0.39, 0.29) is 80.1 Å². The van der Waals surface area contributed by atoms with E-state index in [1.807, 2.05) is 61.7 Å². The number of imidazole rings is 1. The van der Waals surface area contributed by atoms with Gasteiger partial charge in [0.05, 0.1) is 143 Å². The summed E-state index contributed by atoms with van der Waals surface area (Å²) in [5.41, 5.74) is 12.1. The maximum absolute atomic E-state index is 14.7. The average molecular weight is 1770 g/mol. The number of methoxy groups -OCH3 is 3. The Balaban J connectivity index is 0.582. The molecule has 702 valence electrons. The number of Topliss-reactive ketones (excluding diaryl/α,β-unsaturated/α-hetero) is 3. The number of allylic oxidation sites excluding steroid dienone is 6. The van der Waals surface area contributed by atoms with E-state index in [0.717, 1.165) is 64.9 Å². The van der Waals surface area contributed by atoms with Crippen LogP contribution in [0, 0.1) is 48.3 Å². The first kappa shape index (κ1) is 102. The lowest BCUT2D eigenvalue weighted by Crippen LogP contribution is -2.61. The summed E-state index contributed by atoms with van der Waals surface area (Å²) >= 11 is 0. The molecule has 9 rings (SSSR count). The number of nitrogens with zero attached hydrogens (tertiary/aromatic N) is 5. The van der Waals surface area contributed by atoms with Gasteiger partial charge in [0, 0.05) is 94.3 Å². The molecule has 7 N–H and O–H groups in total. The summed E-state index contributed by atoms with van der Waals surface area (Å²) in [6, 6.07) is 7.06. The second-order valence-corrected chi connectivity index (χ2v) is 34.2. The number of ketones is 3. The van der Waals surface area contributed by atoms with E-state index in [4.69, 9.17) is 81.8 Å². The van der Waals surface area contributed by atoms with Gasteiger partial charge in [0.15, 0.2) is 11.6 Å². The molecule has 2 aliphatic carbocycles. The topological polar surface area (TPSA) is 411 Å². The highest BCUT2D eigenvalue weighted by atomic mass is 16.6. The minimum absolute atomic E-state index is 0.0179. The number of esters is 1. The number of fused-ring (bicyclic) bond motifs is 5. The lowest BCUT2D eigenvalue weighted by atomic mass is 9.78. The van der Waals surface area contributed by atoms with Crippen LogP contribution < -0.4 is 16.4 Å². The Hall–Kier alpha value is -7.84. The third-order valence-electron chi connectivity index (χ3n) is 24.8. The van der Waals surface area contributed by atoms with Gasteiger partial charge in [-0.25, -0.2) is 24.1 Å². The number of hydrogen-bond donors (Lipinski definition) is 6. The van der Waals surface area contributed by atoms with Gasteiger partial charge in [-0.15, -0.1) is 0 Å². The van der Waals surface area contributed by atoms with Crippen molar-refractivity contribution in [3.63, 3.8) is 0 Å². The number of aliphatic hydroxyl groups is 2. The van der Waals surface area contributed by atoms with Crippen LogP contribution >= 0.6 is 0 Å². The molecule has 0 spiro atoms. The molecule has 33 nitrogen and oxygen atoms in total. The van der Waals surface area contributed by atoms with Crippen molar-refractivity contribution < 1.29 is 115 Å². The lowest BCUT2D eigenvalue weighted by molar-refractivity contribution is -0.265. The van der Waals surface area contributed by atoms with Crippen molar-refractivity contribution in [2.75, 3.05) is 166 Å². The summed E-state index contributed by atoms with van der Waals surface area (Å²) in [6.45, 7) is 22.3. The van der Waals surface area contributed by atoms with E-state index >= 15 is 0 Å². The number of para-hydroxylation sites is 1. The molecule has 3 aliphatic heterocycles. The summed E-state index contributed by atoms with van der Waals surface area (Å²) in [4.78, 5) is 112. The number of carbonyl (C=O) groups excluding carboxylic acids is 7. The number of aromatic amines is 1. The first-order valence-corrected chi connectivity index (χ1v) is 45.3. The third-order valence-corrected chi connectivity index (χ3v) is 24.8. The highest BCUT2D eigenvalue weighted by Crippen LogP contribution is 2.42. The van der Waals surface area contributed by atoms with Crippen molar-refractivity contribution in [2.45, 2.75) is 219 Å². The molecular formula is C93H141N9O24. The molecular weight excluding hydrogens is 1630 g/mol. The number of benzene rings is 1. The number of hydrogen-bond acceptors (Lipinski definition) is 28. The Morgan fingerprint density at radius 3 is 1.91 bits per heavy atom. The number of nitrogen functional groups attached to an aromatic ring is 1. The highest BCUT2D eigenvalue weighted by molar-refractivity contribution is 6.39. The number of cyclic esters (lactones) is 1. The number of nitrogens with two attached hydrogens (primary N) is 1. The van der Waals surface area contributed by atoms with Crippen molar-refractivity contribution >= 4 is 63.5 Å². The Kier molecular flexibility index (Phi) is 43.1. The number of ether oxygens (including phenoxy) is 15. The van der Waals surface area contributed by atoms with Crippen LogP contribution in [0.2, 0.25) is 0 Å². The maximum Gasteiger partial charge on any atom is 0.407 e. The van der Waals surface area contributed by atoms with E-state index < -0.39 is 102 Å². The zero-order valence-electron chi connectivity index (χ0n) is 75.9. The number of rotatable bonds is 40. The second kappa shape index (κ2) is 53.3. The molecule has 2 saturated heterocycles. The first-order valence-electron chi connectivity index (χ1n) is 45.3. The Morgan fingerprint density at radius 1 is 0.690 bits per heavy atom. The van der Waals surface area contributed by atoms with E-state index in [0.29, 0.717) is 194 Å². The molecule has 33 heteroatoms. The predicted molar refractivity (Wildman–Crippen MR) is 470 cm³/mol. The maximum atomic E-state index is 14.7. The number of amides is 3. The molecule has 3 amide bonds. The standard InChI is InChI=1S/C93H141N9O24/c1-60-18-13-12-14-19-61(2)77(112-9)57-72-29-23-67(8)93(111,126-72)86(106)90(108)101-33-16-15-22-74(101)91(109)124-78(58-75(103)63(4)53-66(7)84(105)85(114-11)83(104)65(6)52-60)64(5)54-68-24-30-76(79(55-68)113-10)125-92(110)96-32-35-116-37-39-118-41-43-120-45-47-122-49-51-123-50-48-121-46-44-119-42-40-117-38-36-115-34-31-95-89(107)70-27-25-69(26-28-70)88-100-81(82-87(94)97-59-98-102(82)88)73-56-71-21-17-20-62(3)80(71)99-73/h12-14,17-21,53,56,59-60,63-65,67-70,72,74,76-79,84-85,99,105,111H,15-16,22-52,54-55,57-58H2,1-11H3,(H,95,107)(H,96,110)(H2,94,97,98)/b14-12+,18-13+,61-19+,66-53+/t60-,63-,64-,65-,67-,68+,69-,70-,72+,74+,76-,77+,78+,79-,84-,85+,93-/m1/s1. The van der Waals surface area contributed by atoms with Crippen molar-refractivity contribution in [3.8, 4) is 11.4 Å². The van der Waals surface area contributed by atoms with Gasteiger partial charge in [-0.1, -0.05) is 89.3 Å². The molecule has 4 fully saturated rings. The minimum Gasteiger partial charge on any atom is -0.460 e. The smallest absolute Gasteiger partial charge is 0.407 e. The van der Waals surface area contributed by atoms with E-state index in [1.165, 1.54) is 18.3 Å². The van der Waals surface area contributed by atoms with Crippen LogP contribution in [-0.4, -0.2) is 295 Å². The normalized spacial score (nSPS) is 28.5. The van der Waals surface area contributed by atoms with Crippen LogP contribution in [0.4, 0.5) is 10.6 Å². The fraction of sp³-hybridized carbons (Fsp3) is 0.699. The van der Waals surface area contributed by atoms with Crippen LogP contribution in [0.1, 0.15) is 169 Å². The summed E-state index contributed by atoms with van der Waals surface area (Å²) in [6.07, 6.45) is 13.9. The molecule has 6 heterocycles. The molecule has 2 bridgehead atoms. The zero-order chi connectivity index (χ0) is 90.5. The molecule has 126 heavy (non-hydrogen) atoms. The van der Waals surface area contributed by atoms with E-state index in [9.17, 15) is 43.8 Å². The molecule has 0 radical (unpaired) electrons. The molecule has 2 saturated carbocycles. The number of nitrogens with one attached hydrogen (secondary N) is 3. The Morgan fingerprint density at radius 2 is 1.31 bits per heavy atom. The van der Waals surface area contributed by atoms with Crippen molar-refractivity contribution in [3.05, 3.63) is 89.6 Å². The molecule has 4 aromatic rings. The van der Waals surface area contributed by atoms with Gasteiger partial charge >= 0.3 is 12.1 Å². The van der Waals surface area contributed by atoms with Gasteiger partial charge in [-0.2, -0.15) is 5.10 Å². The monoisotopic (exact) mass is 1770 g/mol. The summed E-state index contributed by atoms with van der Waals surface area (Å²) < 4.78 is 88.4. The van der Waals surface area contributed by atoms with Crippen LogP contribution in [0.3, 0.4) is 0 Å². The Labute approximate surface area is 741 Å². The van der Waals surface area contributed by atoms with Gasteiger partial charge in [0.2, 0.25) is 11.7 Å². The summed E-state index contributed by atoms with van der Waals surface area (Å²) in [5, 5.41) is 35.2. The molecule has 5 aliphatic rings. The first-order chi connectivity index (χ1) is 60.8. The highest BCUT2D eigenvalue weighted by Gasteiger charge is 2.53. The van der Waals surface area contributed by atoms with Gasteiger partial charge in [-0.05, 0) is 151 Å². The summed E-state index contributed by atoms with van der Waals surface area (Å²) in [7, 11) is 4.49. The van der Waals surface area contributed by atoms with Crippen LogP contribution in [-0.2, 0) is 99.8 Å². The number of alkyl carbamates (subject to hydrolysis) is 1. The van der Waals surface area contributed by atoms with Gasteiger partial charge in [0.1, 0.15) is 59.6 Å². The number of H-pyrrole nitrogens is 1. The summed E-state index contributed by atoms with van der Waals surface area (Å²) in [5.74, 6) is -7.37. The molecule has 15 atom stereocenters. The predicted octanol–water partition coefficient (Wildman–Crippen LogP) is 9.63. The van der Waals surface area contributed by atoms with Crippen molar-refractivity contribution in [1.29, 1.82) is 0 Å². The zero-order valence-corrected chi connectivity index (χ0v) is 75.9. The average Bonchev–Trinajstić information content (AvgIpc) is 1.40. The van der Waals surface area contributed by atoms with E-state index in [2.05, 4.69) is 50.8 Å². The number of aromatic nitrogens is 5. The quantitative estimate of drug-likeness (QED) is 0.0104. The van der Waals surface area contributed by atoms with E-state index in [1.54, 1.807) is 48.0 Å². The van der Waals surface area contributed by atoms with Crippen molar-refractivity contribution in [1.82, 2.24) is 40.1 Å². The fourth-order valence-corrected chi connectivity index (χ4v) is 17.4. The largest absolute Gasteiger partial charge is 0.460 e.